The molecule has 134 valence electrons. The number of nitrogens with one attached hydrogen (secondary N) is 2. The van der Waals surface area contributed by atoms with Crippen molar-refractivity contribution in [3.63, 3.8) is 0 Å². The molecule has 1 amide bonds. The number of aromatic nitrogens is 2. The van der Waals surface area contributed by atoms with Crippen LogP contribution in [-0.2, 0) is 22.5 Å². The van der Waals surface area contributed by atoms with Gasteiger partial charge in [0.2, 0.25) is 5.91 Å². The zero-order valence-corrected chi connectivity index (χ0v) is 15.2. The molecule has 2 aromatic heterocycles. The Morgan fingerprint density at radius 2 is 2.40 bits per heavy atom. The molecule has 1 atom stereocenters. The Hall–Kier alpha value is -1.77. The molecular formula is C17H23N5O2S. The van der Waals surface area contributed by atoms with Gasteiger partial charge in [0.15, 0.2) is 0 Å². The predicted octanol–water partition coefficient (Wildman–Crippen LogP) is 1.24. The summed E-state index contributed by atoms with van der Waals surface area (Å²) in [7, 11) is 1.66. The lowest BCUT2D eigenvalue weighted by Gasteiger charge is -2.17. The minimum Gasteiger partial charge on any atom is -0.383 e. The maximum Gasteiger partial charge on any atom is 0.223 e. The van der Waals surface area contributed by atoms with Crippen molar-refractivity contribution < 1.29 is 9.53 Å². The maximum atomic E-state index is 12.1. The second-order valence-electron chi connectivity index (χ2n) is 6.62. The molecule has 0 bridgehead atoms. The third-order valence-electron chi connectivity index (χ3n) is 4.93. The van der Waals surface area contributed by atoms with Gasteiger partial charge in [-0.05, 0) is 18.5 Å². The number of carbonyl (C=O) groups excluding carboxylic acids is 1. The number of anilines is 1. The Morgan fingerprint density at radius 3 is 3.28 bits per heavy atom. The van der Waals surface area contributed by atoms with E-state index >= 15 is 0 Å². The van der Waals surface area contributed by atoms with E-state index in [1.807, 2.05) is 4.90 Å². The number of ether oxygens (including phenoxy) is 1. The number of nitrogens with zero attached hydrogens (tertiary/aromatic N) is 3. The van der Waals surface area contributed by atoms with Crippen LogP contribution >= 0.6 is 11.3 Å². The summed E-state index contributed by atoms with van der Waals surface area (Å²) >= 11 is 1.75. The van der Waals surface area contributed by atoms with Crippen LogP contribution in [0.15, 0.2) is 6.33 Å². The van der Waals surface area contributed by atoms with Crippen LogP contribution in [0.3, 0.4) is 0 Å². The predicted molar refractivity (Wildman–Crippen MR) is 97.9 cm³/mol. The quantitative estimate of drug-likeness (QED) is 0.806. The number of fused-ring (bicyclic) bond motifs is 3. The molecular weight excluding hydrogens is 338 g/mol. The summed E-state index contributed by atoms with van der Waals surface area (Å²) in [4.78, 5) is 25.3. The first-order valence-electron chi connectivity index (χ1n) is 8.73. The van der Waals surface area contributed by atoms with Gasteiger partial charge in [-0.2, -0.15) is 0 Å². The topological polar surface area (TPSA) is 79.4 Å². The van der Waals surface area contributed by atoms with Crippen LogP contribution in [0.1, 0.15) is 16.9 Å². The van der Waals surface area contributed by atoms with Crippen molar-refractivity contribution >= 4 is 33.3 Å². The highest BCUT2D eigenvalue weighted by atomic mass is 32.1. The molecule has 2 aliphatic rings. The fourth-order valence-corrected chi connectivity index (χ4v) is 4.80. The molecule has 7 nitrogen and oxygen atoms in total. The zero-order valence-electron chi connectivity index (χ0n) is 14.4. The first-order chi connectivity index (χ1) is 12.3. The molecule has 4 rings (SSSR count). The summed E-state index contributed by atoms with van der Waals surface area (Å²) in [6.07, 6.45) is 3.24. The summed E-state index contributed by atoms with van der Waals surface area (Å²) < 4.78 is 5.08. The summed E-state index contributed by atoms with van der Waals surface area (Å²) in [5.74, 6) is 1.44. The van der Waals surface area contributed by atoms with E-state index in [0.717, 1.165) is 43.2 Å². The standard InChI is InChI=1S/C17H23N5O2S/c1-24-5-4-22-9-11(6-14(22)23)7-19-16-15-12-2-3-18-8-13(12)25-17(15)21-10-20-16/h10-11,18H,2-9H2,1H3,(H,19,20,21)/t11-/m0/s1. The summed E-state index contributed by atoms with van der Waals surface area (Å²) in [6.45, 7) is 4.72. The minimum atomic E-state index is 0.218. The smallest absolute Gasteiger partial charge is 0.223 e. The number of hydrogen-bond donors (Lipinski definition) is 2. The fourth-order valence-electron chi connectivity index (χ4n) is 3.64. The van der Waals surface area contributed by atoms with Gasteiger partial charge in [0, 0.05) is 50.5 Å². The molecule has 2 N–H and O–H groups in total. The molecule has 0 saturated carbocycles. The average Bonchev–Trinajstić information content (AvgIpc) is 3.18. The van der Waals surface area contributed by atoms with Gasteiger partial charge < -0.3 is 20.3 Å². The van der Waals surface area contributed by atoms with Crippen molar-refractivity contribution in [2.24, 2.45) is 5.92 Å². The highest BCUT2D eigenvalue weighted by molar-refractivity contribution is 7.18. The van der Waals surface area contributed by atoms with Crippen molar-refractivity contribution in [2.45, 2.75) is 19.4 Å². The summed E-state index contributed by atoms with van der Waals surface area (Å²) in [5.41, 5.74) is 1.38. The van der Waals surface area contributed by atoms with E-state index < -0.39 is 0 Å². The Kier molecular flexibility index (Phi) is 4.82. The molecule has 2 aliphatic heterocycles. The molecule has 0 aliphatic carbocycles. The lowest BCUT2D eigenvalue weighted by Crippen LogP contribution is -2.29. The molecule has 1 saturated heterocycles. The first-order valence-corrected chi connectivity index (χ1v) is 9.54. The highest BCUT2D eigenvalue weighted by Crippen LogP contribution is 2.35. The molecule has 0 unspecified atom stereocenters. The average molecular weight is 361 g/mol. The Labute approximate surface area is 150 Å². The molecule has 8 heteroatoms. The number of thiophene rings is 1. The van der Waals surface area contributed by atoms with Crippen LogP contribution in [0.5, 0.6) is 0 Å². The number of likely N-dealkylation sites (tertiary alicyclic amines) is 1. The number of carbonyl (C=O) groups is 1. The molecule has 0 spiro atoms. The van der Waals surface area contributed by atoms with Crippen LogP contribution in [0, 0.1) is 5.92 Å². The second-order valence-corrected chi connectivity index (χ2v) is 7.70. The molecule has 4 heterocycles. The number of methoxy groups -OCH3 is 1. The largest absolute Gasteiger partial charge is 0.383 e. The number of rotatable bonds is 6. The summed E-state index contributed by atoms with van der Waals surface area (Å²) in [6, 6.07) is 0. The maximum absolute atomic E-state index is 12.1. The Balaban J connectivity index is 1.47. The van der Waals surface area contributed by atoms with E-state index in [-0.39, 0.29) is 5.91 Å². The van der Waals surface area contributed by atoms with Crippen molar-refractivity contribution in [3.05, 3.63) is 16.8 Å². The Bertz CT molecular complexity index is 778. The van der Waals surface area contributed by atoms with Gasteiger partial charge in [0.1, 0.15) is 17.0 Å². The zero-order chi connectivity index (χ0) is 17.2. The van der Waals surface area contributed by atoms with Gasteiger partial charge in [-0.1, -0.05) is 0 Å². The van der Waals surface area contributed by atoms with E-state index in [1.54, 1.807) is 24.8 Å². The minimum absolute atomic E-state index is 0.218. The molecule has 2 aromatic rings. The van der Waals surface area contributed by atoms with E-state index in [2.05, 4.69) is 20.6 Å². The van der Waals surface area contributed by atoms with Gasteiger partial charge in [0.05, 0.1) is 12.0 Å². The van der Waals surface area contributed by atoms with Crippen LogP contribution in [-0.4, -0.2) is 60.7 Å². The van der Waals surface area contributed by atoms with Crippen LogP contribution < -0.4 is 10.6 Å². The normalized spacial score (nSPS) is 20.3. The third kappa shape index (κ3) is 3.33. The van der Waals surface area contributed by atoms with Crippen LogP contribution in [0.2, 0.25) is 0 Å². The Morgan fingerprint density at radius 1 is 1.48 bits per heavy atom. The van der Waals surface area contributed by atoms with Crippen LogP contribution in [0.25, 0.3) is 10.2 Å². The van der Waals surface area contributed by atoms with Crippen molar-refractivity contribution in [2.75, 3.05) is 45.2 Å². The van der Waals surface area contributed by atoms with Gasteiger partial charge in [-0.3, -0.25) is 4.79 Å². The number of hydrogen-bond acceptors (Lipinski definition) is 7. The first kappa shape index (κ1) is 16.7. The van der Waals surface area contributed by atoms with Crippen molar-refractivity contribution in [1.82, 2.24) is 20.2 Å². The number of amides is 1. The van der Waals surface area contributed by atoms with Gasteiger partial charge in [0.25, 0.3) is 0 Å². The lowest BCUT2D eigenvalue weighted by atomic mass is 10.1. The second kappa shape index (κ2) is 7.23. The lowest BCUT2D eigenvalue weighted by molar-refractivity contribution is -0.128. The van der Waals surface area contributed by atoms with Crippen molar-refractivity contribution in [3.8, 4) is 0 Å². The summed E-state index contributed by atoms with van der Waals surface area (Å²) in [5, 5.41) is 8.07. The van der Waals surface area contributed by atoms with Gasteiger partial charge >= 0.3 is 0 Å². The SMILES string of the molecule is COCCN1C[C@H](CNc2ncnc3sc4c(c23)CCNC4)CC1=O. The monoisotopic (exact) mass is 361 g/mol. The fraction of sp³-hybridized carbons (Fsp3) is 0.588. The van der Waals surface area contributed by atoms with Crippen molar-refractivity contribution in [1.29, 1.82) is 0 Å². The third-order valence-corrected chi connectivity index (χ3v) is 6.07. The van der Waals surface area contributed by atoms with Gasteiger partial charge in [-0.15, -0.1) is 11.3 Å². The molecule has 25 heavy (non-hydrogen) atoms. The van der Waals surface area contributed by atoms with Crippen LogP contribution in [0.4, 0.5) is 5.82 Å². The molecule has 0 aromatic carbocycles. The van der Waals surface area contributed by atoms with E-state index in [4.69, 9.17) is 4.74 Å². The van der Waals surface area contributed by atoms with E-state index in [9.17, 15) is 4.79 Å². The van der Waals surface area contributed by atoms with E-state index in [1.165, 1.54) is 15.8 Å². The van der Waals surface area contributed by atoms with Gasteiger partial charge in [-0.25, -0.2) is 9.97 Å². The molecule has 0 radical (unpaired) electrons. The highest BCUT2D eigenvalue weighted by Gasteiger charge is 2.29. The molecule has 1 fully saturated rings. The van der Waals surface area contributed by atoms with E-state index in [0.29, 0.717) is 25.5 Å².